The van der Waals surface area contributed by atoms with Gasteiger partial charge in [0.05, 0.1) is 0 Å². The number of nitrogens with two attached hydrogens (primary N) is 1. The molecule has 0 aliphatic heterocycles. The molecule has 0 aliphatic rings. The molecule has 3 aromatic rings. The lowest BCUT2D eigenvalue weighted by atomic mass is 10.1. The van der Waals surface area contributed by atoms with Crippen LogP contribution in [0.1, 0.15) is 5.56 Å². The van der Waals surface area contributed by atoms with Crippen LogP contribution in [0.2, 0.25) is 0 Å². The maximum atomic E-state index is 12.0. The standard InChI is InChI=1S/C22H21N3O3/c23-21(15-17-7-3-1-4-8-17)25-27-16-22(26)24-18-11-13-20(14-12-18)28-19-9-5-2-6-10-19/h1-14H,15-16H2,(H2,23,25)(H,24,26). The normalized spacial score (nSPS) is 10.9. The predicted octanol–water partition coefficient (Wildman–Crippen LogP) is 3.95. The highest BCUT2D eigenvalue weighted by Gasteiger charge is 2.04. The van der Waals surface area contributed by atoms with E-state index in [1.54, 1.807) is 24.3 Å². The van der Waals surface area contributed by atoms with Crippen LogP contribution in [0.15, 0.2) is 90.1 Å². The second kappa shape index (κ2) is 9.78. The number of nitrogens with one attached hydrogen (secondary N) is 1. The molecule has 1 amide bonds. The number of ether oxygens (including phenoxy) is 1. The summed E-state index contributed by atoms with van der Waals surface area (Å²) in [5.74, 6) is 1.41. The highest BCUT2D eigenvalue weighted by atomic mass is 16.6. The highest BCUT2D eigenvalue weighted by molar-refractivity contribution is 5.91. The molecule has 3 N–H and O–H groups in total. The number of benzene rings is 3. The third-order valence-electron chi connectivity index (χ3n) is 3.72. The van der Waals surface area contributed by atoms with Crippen molar-refractivity contribution in [3.63, 3.8) is 0 Å². The van der Waals surface area contributed by atoms with Gasteiger partial charge < -0.3 is 20.6 Å². The molecule has 0 fully saturated rings. The number of amidine groups is 1. The lowest BCUT2D eigenvalue weighted by Crippen LogP contribution is -2.20. The number of anilines is 1. The van der Waals surface area contributed by atoms with E-state index >= 15 is 0 Å². The third kappa shape index (κ3) is 6.17. The molecule has 3 aromatic carbocycles. The Morgan fingerprint density at radius 2 is 1.46 bits per heavy atom. The third-order valence-corrected chi connectivity index (χ3v) is 3.72. The zero-order valence-electron chi connectivity index (χ0n) is 15.2. The van der Waals surface area contributed by atoms with E-state index in [1.165, 1.54) is 0 Å². The van der Waals surface area contributed by atoms with Crippen LogP contribution in [0.3, 0.4) is 0 Å². The smallest absolute Gasteiger partial charge is 0.265 e. The van der Waals surface area contributed by atoms with E-state index in [2.05, 4.69) is 10.5 Å². The number of carbonyl (C=O) groups is 1. The molecule has 0 saturated heterocycles. The molecule has 0 atom stereocenters. The Kier molecular flexibility index (Phi) is 6.62. The first-order valence-electron chi connectivity index (χ1n) is 8.80. The van der Waals surface area contributed by atoms with Crippen molar-refractivity contribution in [3.8, 4) is 11.5 Å². The zero-order chi connectivity index (χ0) is 19.6. The van der Waals surface area contributed by atoms with Gasteiger partial charge in [-0.05, 0) is 42.0 Å². The number of hydrogen-bond acceptors (Lipinski definition) is 4. The van der Waals surface area contributed by atoms with Crippen LogP contribution in [0, 0.1) is 0 Å². The Hall–Kier alpha value is -3.80. The summed E-state index contributed by atoms with van der Waals surface area (Å²) in [5.41, 5.74) is 7.46. The molecule has 0 radical (unpaired) electrons. The van der Waals surface area contributed by atoms with E-state index < -0.39 is 0 Å². The summed E-state index contributed by atoms with van der Waals surface area (Å²) in [5, 5.41) is 6.50. The van der Waals surface area contributed by atoms with Crippen molar-refractivity contribution >= 4 is 17.4 Å². The number of oxime groups is 1. The van der Waals surface area contributed by atoms with Gasteiger partial charge in [-0.25, -0.2) is 0 Å². The number of hydrogen-bond donors (Lipinski definition) is 2. The molecule has 142 valence electrons. The van der Waals surface area contributed by atoms with Crippen LogP contribution >= 0.6 is 0 Å². The van der Waals surface area contributed by atoms with Gasteiger partial charge in [0, 0.05) is 12.1 Å². The Labute approximate surface area is 163 Å². The van der Waals surface area contributed by atoms with E-state index in [0.29, 0.717) is 23.7 Å². The molecule has 0 bridgehead atoms. The average Bonchev–Trinajstić information content (AvgIpc) is 2.71. The Morgan fingerprint density at radius 3 is 2.14 bits per heavy atom. The first-order chi connectivity index (χ1) is 13.7. The van der Waals surface area contributed by atoms with Crippen molar-refractivity contribution in [3.05, 3.63) is 90.5 Å². The van der Waals surface area contributed by atoms with Crippen LogP contribution in [0.25, 0.3) is 0 Å². The Morgan fingerprint density at radius 1 is 0.857 bits per heavy atom. The minimum atomic E-state index is -0.326. The lowest BCUT2D eigenvalue weighted by Gasteiger charge is -2.08. The first kappa shape index (κ1) is 19.0. The summed E-state index contributed by atoms with van der Waals surface area (Å²) in [7, 11) is 0. The van der Waals surface area contributed by atoms with E-state index in [1.807, 2.05) is 60.7 Å². The van der Waals surface area contributed by atoms with E-state index in [9.17, 15) is 4.79 Å². The minimum Gasteiger partial charge on any atom is -0.457 e. The first-order valence-corrected chi connectivity index (χ1v) is 8.80. The topological polar surface area (TPSA) is 85.9 Å². The predicted molar refractivity (Wildman–Crippen MR) is 109 cm³/mol. The summed E-state index contributed by atoms with van der Waals surface area (Å²) in [4.78, 5) is 17.0. The number of para-hydroxylation sites is 1. The van der Waals surface area contributed by atoms with Crippen LogP contribution < -0.4 is 15.8 Å². The van der Waals surface area contributed by atoms with Crippen LogP contribution in [-0.2, 0) is 16.1 Å². The van der Waals surface area contributed by atoms with Gasteiger partial charge in [0.1, 0.15) is 17.3 Å². The summed E-state index contributed by atoms with van der Waals surface area (Å²) in [6, 6.07) is 26.2. The monoisotopic (exact) mass is 375 g/mol. The van der Waals surface area contributed by atoms with Gasteiger partial charge >= 0.3 is 0 Å². The van der Waals surface area contributed by atoms with Crippen LogP contribution in [0.5, 0.6) is 11.5 Å². The minimum absolute atomic E-state index is 0.224. The highest BCUT2D eigenvalue weighted by Crippen LogP contribution is 2.22. The SMILES string of the molecule is N/C(Cc1ccccc1)=N\OCC(=O)Nc1ccc(Oc2ccccc2)cc1. The van der Waals surface area contributed by atoms with E-state index in [0.717, 1.165) is 11.3 Å². The van der Waals surface area contributed by atoms with Crippen LogP contribution in [0.4, 0.5) is 5.69 Å². The van der Waals surface area contributed by atoms with Gasteiger partial charge in [-0.3, -0.25) is 4.79 Å². The molecule has 0 heterocycles. The van der Waals surface area contributed by atoms with Crippen molar-refractivity contribution in [2.24, 2.45) is 10.9 Å². The van der Waals surface area contributed by atoms with Gasteiger partial charge in [0.15, 0.2) is 6.61 Å². The molecule has 0 spiro atoms. The molecule has 0 saturated carbocycles. The van der Waals surface area contributed by atoms with E-state index in [4.69, 9.17) is 15.3 Å². The molecule has 28 heavy (non-hydrogen) atoms. The van der Waals surface area contributed by atoms with Crippen molar-refractivity contribution < 1.29 is 14.4 Å². The lowest BCUT2D eigenvalue weighted by molar-refractivity contribution is -0.120. The molecule has 6 heteroatoms. The fourth-order valence-corrected chi connectivity index (χ4v) is 2.44. The van der Waals surface area contributed by atoms with Crippen molar-refractivity contribution in [1.82, 2.24) is 0 Å². The van der Waals surface area contributed by atoms with Gasteiger partial charge in [-0.15, -0.1) is 0 Å². The quantitative estimate of drug-likeness (QED) is 0.355. The maximum Gasteiger partial charge on any atom is 0.265 e. The van der Waals surface area contributed by atoms with Crippen molar-refractivity contribution in [2.75, 3.05) is 11.9 Å². The molecule has 0 aliphatic carbocycles. The van der Waals surface area contributed by atoms with Gasteiger partial charge in [0.25, 0.3) is 5.91 Å². The van der Waals surface area contributed by atoms with Gasteiger partial charge in [-0.2, -0.15) is 0 Å². The van der Waals surface area contributed by atoms with E-state index in [-0.39, 0.29) is 12.5 Å². The average molecular weight is 375 g/mol. The molecule has 6 nitrogen and oxygen atoms in total. The zero-order valence-corrected chi connectivity index (χ0v) is 15.2. The molecule has 0 aromatic heterocycles. The maximum absolute atomic E-state index is 12.0. The number of carbonyl (C=O) groups excluding carboxylic acids is 1. The molecule has 3 rings (SSSR count). The fraction of sp³-hybridized carbons (Fsp3) is 0.0909. The van der Waals surface area contributed by atoms with Crippen molar-refractivity contribution in [1.29, 1.82) is 0 Å². The summed E-state index contributed by atoms with van der Waals surface area (Å²) < 4.78 is 5.71. The Bertz CT molecular complexity index is 911. The number of rotatable bonds is 8. The van der Waals surface area contributed by atoms with Gasteiger partial charge in [0.2, 0.25) is 0 Å². The summed E-state index contributed by atoms with van der Waals surface area (Å²) in [6.45, 7) is -0.224. The fourth-order valence-electron chi connectivity index (χ4n) is 2.44. The summed E-state index contributed by atoms with van der Waals surface area (Å²) in [6.07, 6.45) is 0.464. The summed E-state index contributed by atoms with van der Waals surface area (Å²) >= 11 is 0. The number of amides is 1. The molecular weight excluding hydrogens is 354 g/mol. The van der Waals surface area contributed by atoms with Gasteiger partial charge in [-0.1, -0.05) is 53.7 Å². The van der Waals surface area contributed by atoms with Crippen LogP contribution in [-0.4, -0.2) is 18.3 Å². The Balaban J connectivity index is 1.43. The number of nitrogens with zero attached hydrogens (tertiary/aromatic N) is 1. The molecule has 0 unspecified atom stereocenters. The van der Waals surface area contributed by atoms with Crippen molar-refractivity contribution in [2.45, 2.75) is 6.42 Å². The molecular formula is C22H21N3O3. The largest absolute Gasteiger partial charge is 0.457 e. The second-order valence-electron chi connectivity index (χ2n) is 6.01. The second-order valence-corrected chi connectivity index (χ2v) is 6.01.